The zero-order valence-electron chi connectivity index (χ0n) is 14.9. The van der Waals surface area contributed by atoms with Gasteiger partial charge in [0.25, 0.3) is 0 Å². The predicted octanol–water partition coefficient (Wildman–Crippen LogP) is 2.13. The van der Waals surface area contributed by atoms with Gasteiger partial charge in [-0.3, -0.25) is 9.69 Å². The average Bonchev–Trinajstić information content (AvgIpc) is 2.36. The highest BCUT2D eigenvalue weighted by molar-refractivity contribution is 5.76. The van der Waals surface area contributed by atoms with E-state index in [0.717, 1.165) is 0 Å². The number of carbonyl (C=O) groups is 2. The molecule has 0 N–H and O–H groups in total. The Morgan fingerprint density at radius 3 is 2.18 bits per heavy atom. The van der Waals surface area contributed by atoms with Crippen molar-refractivity contribution in [3.05, 3.63) is 0 Å². The molecule has 1 aliphatic rings. The number of rotatable bonds is 3. The van der Waals surface area contributed by atoms with Gasteiger partial charge in [-0.1, -0.05) is 13.8 Å². The Morgan fingerprint density at radius 2 is 1.77 bits per heavy atom. The minimum atomic E-state index is -0.500. The first-order valence-corrected chi connectivity index (χ1v) is 7.88. The van der Waals surface area contributed by atoms with Gasteiger partial charge < -0.3 is 14.4 Å². The lowest BCUT2D eigenvalue weighted by atomic mass is 10.0. The summed E-state index contributed by atoms with van der Waals surface area (Å²) in [4.78, 5) is 28.0. The van der Waals surface area contributed by atoms with E-state index in [2.05, 4.69) is 4.90 Å². The molecule has 0 saturated carbocycles. The van der Waals surface area contributed by atoms with Crippen molar-refractivity contribution < 1.29 is 19.1 Å². The summed E-state index contributed by atoms with van der Waals surface area (Å²) in [6.45, 7) is 13.4. The Labute approximate surface area is 133 Å². The highest BCUT2D eigenvalue weighted by Gasteiger charge is 2.37. The van der Waals surface area contributed by atoms with E-state index >= 15 is 0 Å². The molecule has 6 heteroatoms. The number of esters is 1. The third-order valence-corrected chi connectivity index (χ3v) is 3.75. The first-order chi connectivity index (χ1) is 10.1. The lowest BCUT2D eigenvalue weighted by molar-refractivity contribution is -0.150. The van der Waals surface area contributed by atoms with E-state index in [1.165, 1.54) is 7.11 Å². The number of hydrogen-bond donors (Lipinski definition) is 0. The smallest absolute Gasteiger partial charge is 0.410 e. The fraction of sp³-hybridized carbons (Fsp3) is 0.875. The van der Waals surface area contributed by atoms with Gasteiger partial charge in [0.15, 0.2) is 0 Å². The van der Waals surface area contributed by atoms with Gasteiger partial charge >= 0.3 is 12.1 Å². The van der Waals surface area contributed by atoms with E-state index in [-0.39, 0.29) is 30.1 Å². The molecule has 1 amide bonds. The summed E-state index contributed by atoms with van der Waals surface area (Å²) in [7, 11) is 1.41. The maximum atomic E-state index is 12.2. The van der Waals surface area contributed by atoms with Crippen molar-refractivity contribution in [1.82, 2.24) is 9.80 Å². The molecule has 1 heterocycles. The summed E-state index contributed by atoms with van der Waals surface area (Å²) in [5.41, 5.74) is -0.500. The Balaban J connectivity index is 2.72. The number of hydrogen-bond acceptors (Lipinski definition) is 5. The van der Waals surface area contributed by atoms with Gasteiger partial charge in [-0.05, 0) is 33.6 Å². The summed E-state index contributed by atoms with van der Waals surface area (Å²) in [6.07, 6.45) is -0.293. The first kappa shape index (κ1) is 18.7. The van der Waals surface area contributed by atoms with E-state index in [1.54, 1.807) is 4.90 Å². The zero-order valence-corrected chi connectivity index (χ0v) is 14.9. The molecule has 1 aliphatic heterocycles. The summed E-state index contributed by atoms with van der Waals surface area (Å²) < 4.78 is 10.4. The lowest BCUT2D eigenvalue weighted by Gasteiger charge is -2.43. The summed E-state index contributed by atoms with van der Waals surface area (Å²) in [6, 6.07) is -0.275. The zero-order chi connectivity index (χ0) is 17.1. The van der Waals surface area contributed by atoms with Crippen molar-refractivity contribution in [2.24, 2.45) is 5.92 Å². The van der Waals surface area contributed by atoms with Gasteiger partial charge in [0.1, 0.15) is 11.6 Å². The van der Waals surface area contributed by atoms with Crippen LogP contribution in [0.2, 0.25) is 0 Å². The highest BCUT2D eigenvalue weighted by atomic mass is 16.6. The SMILES string of the molecule is COC(=O)[C@@H](C(C)C)N1CCN(C(=O)OC(C)(C)C)[C@H](C)C1. The molecule has 1 saturated heterocycles. The van der Waals surface area contributed by atoms with Crippen LogP contribution in [0.15, 0.2) is 0 Å². The molecule has 1 fully saturated rings. The van der Waals surface area contributed by atoms with Gasteiger partial charge in [0, 0.05) is 25.7 Å². The van der Waals surface area contributed by atoms with Crippen LogP contribution >= 0.6 is 0 Å². The van der Waals surface area contributed by atoms with E-state index in [9.17, 15) is 9.59 Å². The second-order valence-corrected chi connectivity index (χ2v) is 7.23. The Kier molecular flexibility index (Phi) is 6.23. The molecular weight excluding hydrogens is 284 g/mol. The lowest BCUT2D eigenvalue weighted by Crippen LogP contribution is -2.59. The van der Waals surface area contributed by atoms with Crippen LogP contribution in [0.4, 0.5) is 4.79 Å². The fourth-order valence-corrected chi connectivity index (χ4v) is 2.79. The molecule has 0 aliphatic carbocycles. The molecule has 2 atom stereocenters. The summed E-state index contributed by atoms with van der Waals surface area (Å²) in [5.74, 6) is -0.0550. The van der Waals surface area contributed by atoms with Crippen molar-refractivity contribution in [3.63, 3.8) is 0 Å². The molecular formula is C16H30N2O4. The largest absolute Gasteiger partial charge is 0.468 e. The van der Waals surface area contributed by atoms with Crippen LogP contribution in [0, 0.1) is 5.92 Å². The number of methoxy groups -OCH3 is 1. The monoisotopic (exact) mass is 314 g/mol. The van der Waals surface area contributed by atoms with Crippen molar-refractivity contribution in [2.45, 2.75) is 59.2 Å². The Morgan fingerprint density at radius 1 is 1.18 bits per heavy atom. The summed E-state index contributed by atoms with van der Waals surface area (Å²) in [5, 5.41) is 0. The average molecular weight is 314 g/mol. The van der Waals surface area contributed by atoms with Crippen LogP contribution in [0.1, 0.15) is 41.5 Å². The minimum absolute atomic E-state index is 0.00509. The quantitative estimate of drug-likeness (QED) is 0.747. The van der Waals surface area contributed by atoms with Gasteiger partial charge in [0.05, 0.1) is 7.11 Å². The Bertz CT molecular complexity index is 403. The molecule has 0 spiro atoms. The molecule has 0 aromatic heterocycles. The number of ether oxygens (including phenoxy) is 2. The molecule has 1 rings (SSSR count). The van der Waals surface area contributed by atoms with Crippen LogP contribution < -0.4 is 0 Å². The maximum Gasteiger partial charge on any atom is 0.410 e. The molecule has 128 valence electrons. The van der Waals surface area contributed by atoms with Gasteiger partial charge in [-0.15, -0.1) is 0 Å². The maximum absolute atomic E-state index is 12.2. The fourth-order valence-electron chi connectivity index (χ4n) is 2.79. The highest BCUT2D eigenvalue weighted by Crippen LogP contribution is 2.20. The number of nitrogens with zero attached hydrogens (tertiary/aromatic N) is 2. The van der Waals surface area contributed by atoms with Crippen LogP contribution in [0.5, 0.6) is 0 Å². The van der Waals surface area contributed by atoms with Crippen molar-refractivity contribution in [3.8, 4) is 0 Å². The number of piperazine rings is 1. The van der Waals surface area contributed by atoms with Gasteiger partial charge in [-0.25, -0.2) is 4.79 Å². The normalized spacial score (nSPS) is 21.6. The van der Waals surface area contributed by atoms with Gasteiger partial charge in [-0.2, -0.15) is 0 Å². The molecule has 0 aromatic carbocycles. The van der Waals surface area contributed by atoms with Crippen molar-refractivity contribution in [1.29, 1.82) is 0 Å². The van der Waals surface area contributed by atoms with Gasteiger partial charge in [0.2, 0.25) is 0 Å². The minimum Gasteiger partial charge on any atom is -0.468 e. The van der Waals surface area contributed by atoms with Crippen LogP contribution in [0.3, 0.4) is 0 Å². The molecule has 0 radical (unpaired) electrons. The van der Waals surface area contributed by atoms with Crippen molar-refractivity contribution >= 4 is 12.1 Å². The number of carbonyl (C=O) groups excluding carboxylic acids is 2. The first-order valence-electron chi connectivity index (χ1n) is 7.88. The third-order valence-electron chi connectivity index (χ3n) is 3.75. The number of amides is 1. The van der Waals surface area contributed by atoms with E-state index in [4.69, 9.17) is 9.47 Å². The molecule has 22 heavy (non-hydrogen) atoms. The van der Waals surface area contributed by atoms with Crippen LogP contribution in [0.25, 0.3) is 0 Å². The van der Waals surface area contributed by atoms with Crippen LogP contribution in [-0.2, 0) is 14.3 Å². The van der Waals surface area contributed by atoms with E-state index < -0.39 is 5.60 Å². The Hall–Kier alpha value is -1.30. The van der Waals surface area contributed by atoms with Crippen LogP contribution in [-0.4, -0.2) is 66.3 Å². The molecule has 0 aromatic rings. The van der Waals surface area contributed by atoms with E-state index in [1.807, 2.05) is 41.5 Å². The second-order valence-electron chi connectivity index (χ2n) is 7.23. The van der Waals surface area contributed by atoms with Crippen molar-refractivity contribution in [2.75, 3.05) is 26.7 Å². The topological polar surface area (TPSA) is 59.1 Å². The molecule has 0 bridgehead atoms. The van der Waals surface area contributed by atoms with E-state index in [0.29, 0.717) is 19.6 Å². The summed E-state index contributed by atoms with van der Waals surface area (Å²) >= 11 is 0. The third kappa shape index (κ3) is 4.87. The predicted molar refractivity (Wildman–Crippen MR) is 84.6 cm³/mol. The molecule has 6 nitrogen and oxygen atoms in total. The second kappa shape index (κ2) is 7.31. The molecule has 0 unspecified atom stereocenters. The standard InChI is InChI=1S/C16H30N2O4/c1-11(2)13(14(19)21-7)17-8-9-18(12(3)10-17)15(20)22-16(4,5)6/h11-13H,8-10H2,1-7H3/t12-,13-/m1/s1.